The first-order chi connectivity index (χ1) is 8.84. The number of piperazine rings is 1. The van der Waals surface area contributed by atoms with Crippen molar-refractivity contribution in [2.24, 2.45) is 0 Å². The molecule has 0 spiro atoms. The van der Waals surface area contributed by atoms with E-state index in [9.17, 15) is 4.79 Å². The zero-order valence-corrected chi connectivity index (χ0v) is 11.1. The van der Waals surface area contributed by atoms with Crippen LogP contribution in [0.3, 0.4) is 0 Å². The predicted octanol–water partition coefficient (Wildman–Crippen LogP) is -0.0330. The highest BCUT2D eigenvalue weighted by molar-refractivity contribution is 5.77. The number of carbonyl (C=O) groups excluding carboxylic acids is 1. The van der Waals surface area contributed by atoms with Gasteiger partial charge in [-0.1, -0.05) is 12.8 Å². The van der Waals surface area contributed by atoms with Crippen LogP contribution in [0.1, 0.15) is 25.7 Å². The summed E-state index contributed by atoms with van der Waals surface area (Å²) >= 11 is 0. The van der Waals surface area contributed by atoms with Crippen LogP contribution in [0.15, 0.2) is 0 Å². The van der Waals surface area contributed by atoms with Crippen LogP contribution in [0.5, 0.6) is 0 Å². The summed E-state index contributed by atoms with van der Waals surface area (Å²) in [6.45, 7) is 5.71. The van der Waals surface area contributed by atoms with Crippen LogP contribution in [0, 0.1) is 0 Å². The lowest BCUT2D eigenvalue weighted by Gasteiger charge is -2.26. The molecule has 0 unspecified atom stereocenters. The monoisotopic (exact) mass is 255 g/mol. The Morgan fingerprint density at radius 2 is 2.00 bits per heavy atom. The largest absolute Gasteiger partial charge is 0.376 e. The van der Waals surface area contributed by atoms with E-state index in [0.29, 0.717) is 25.8 Å². The lowest BCUT2D eigenvalue weighted by molar-refractivity contribution is -0.122. The third-order valence-corrected chi connectivity index (χ3v) is 3.66. The summed E-state index contributed by atoms with van der Waals surface area (Å²) in [5.74, 6) is 0.118. The van der Waals surface area contributed by atoms with Gasteiger partial charge in [0, 0.05) is 32.7 Å². The first-order valence-electron chi connectivity index (χ1n) is 7.16. The lowest BCUT2D eigenvalue weighted by atomic mass is 10.3. The summed E-state index contributed by atoms with van der Waals surface area (Å²) in [4.78, 5) is 13.9. The molecule has 1 saturated heterocycles. The van der Waals surface area contributed by atoms with Gasteiger partial charge < -0.3 is 15.4 Å². The second-order valence-corrected chi connectivity index (χ2v) is 5.15. The van der Waals surface area contributed by atoms with Crippen molar-refractivity contribution in [3.8, 4) is 0 Å². The molecule has 1 heterocycles. The van der Waals surface area contributed by atoms with E-state index in [0.717, 1.165) is 26.2 Å². The summed E-state index contributed by atoms with van der Waals surface area (Å²) in [5, 5.41) is 6.21. The van der Waals surface area contributed by atoms with E-state index in [1.165, 1.54) is 25.7 Å². The molecule has 0 radical (unpaired) electrons. The van der Waals surface area contributed by atoms with Crippen LogP contribution in [0.2, 0.25) is 0 Å². The Morgan fingerprint density at radius 3 is 2.72 bits per heavy atom. The number of amides is 1. The fourth-order valence-electron chi connectivity index (χ4n) is 2.60. The van der Waals surface area contributed by atoms with Gasteiger partial charge in [-0.15, -0.1) is 0 Å². The first-order valence-corrected chi connectivity index (χ1v) is 7.16. The van der Waals surface area contributed by atoms with E-state index < -0.39 is 0 Å². The number of hydrogen-bond donors (Lipinski definition) is 2. The number of nitrogens with zero attached hydrogens (tertiary/aromatic N) is 1. The number of hydrogen-bond acceptors (Lipinski definition) is 4. The van der Waals surface area contributed by atoms with Crippen LogP contribution in [0.25, 0.3) is 0 Å². The van der Waals surface area contributed by atoms with E-state index >= 15 is 0 Å². The highest BCUT2D eigenvalue weighted by Gasteiger charge is 2.15. The standard InChI is InChI=1S/C13H25N3O2/c17-13(11-16-8-5-14-6-9-16)15-7-10-18-12-3-1-2-4-12/h12,14H,1-11H2,(H,15,17). The smallest absolute Gasteiger partial charge is 0.234 e. The van der Waals surface area contributed by atoms with E-state index in [-0.39, 0.29) is 5.91 Å². The molecule has 0 aromatic heterocycles. The zero-order valence-electron chi connectivity index (χ0n) is 11.1. The predicted molar refractivity (Wildman–Crippen MR) is 70.5 cm³/mol. The molecule has 1 aliphatic heterocycles. The van der Waals surface area contributed by atoms with Crippen LogP contribution in [-0.4, -0.2) is 62.8 Å². The molecular formula is C13H25N3O2. The van der Waals surface area contributed by atoms with Gasteiger partial charge in [0.1, 0.15) is 0 Å². The zero-order chi connectivity index (χ0) is 12.6. The highest BCUT2D eigenvalue weighted by atomic mass is 16.5. The van der Waals surface area contributed by atoms with Gasteiger partial charge in [-0.25, -0.2) is 0 Å². The fraction of sp³-hybridized carbons (Fsp3) is 0.923. The normalized spacial score (nSPS) is 22.2. The molecule has 2 aliphatic rings. The molecule has 2 fully saturated rings. The number of ether oxygens (including phenoxy) is 1. The van der Waals surface area contributed by atoms with Gasteiger partial charge >= 0.3 is 0 Å². The maximum Gasteiger partial charge on any atom is 0.234 e. The number of nitrogens with one attached hydrogen (secondary N) is 2. The third kappa shape index (κ3) is 4.92. The Bertz CT molecular complexity index is 249. The second kappa shape index (κ2) is 7.71. The Morgan fingerprint density at radius 1 is 1.28 bits per heavy atom. The third-order valence-electron chi connectivity index (χ3n) is 3.66. The Balaban J connectivity index is 1.48. The van der Waals surface area contributed by atoms with Crippen molar-refractivity contribution in [2.45, 2.75) is 31.8 Å². The molecule has 0 aromatic rings. The molecule has 2 N–H and O–H groups in total. The molecule has 1 aliphatic carbocycles. The molecule has 0 atom stereocenters. The van der Waals surface area contributed by atoms with Gasteiger partial charge in [0.15, 0.2) is 0 Å². The van der Waals surface area contributed by atoms with Crippen molar-refractivity contribution in [3.05, 3.63) is 0 Å². The van der Waals surface area contributed by atoms with Crippen molar-refractivity contribution in [2.75, 3.05) is 45.9 Å². The van der Waals surface area contributed by atoms with Gasteiger partial charge in [0.05, 0.1) is 19.3 Å². The van der Waals surface area contributed by atoms with Crippen molar-refractivity contribution < 1.29 is 9.53 Å². The average Bonchev–Trinajstić information content (AvgIpc) is 2.89. The van der Waals surface area contributed by atoms with Gasteiger partial charge in [0.25, 0.3) is 0 Å². The van der Waals surface area contributed by atoms with Crippen molar-refractivity contribution >= 4 is 5.91 Å². The molecule has 0 aromatic carbocycles. The maximum atomic E-state index is 11.7. The minimum Gasteiger partial charge on any atom is -0.376 e. The molecule has 104 valence electrons. The number of carbonyl (C=O) groups is 1. The Kier molecular flexibility index (Phi) is 5.90. The van der Waals surface area contributed by atoms with Gasteiger partial charge in [-0.2, -0.15) is 0 Å². The summed E-state index contributed by atoms with van der Waals surface area (Å²) in [6, 6.07) is 0. The van der Waals surface area contributed by atoms with Crippen molar-refractivity contribution in [1.82, 2.24) is 15.5 Å². The lowest BCUT2D eigenvalue weighted by Crippen LogP contribution is -2.47. The van der Waals surface area contributed by atoms with E-state index in [1.807, 2.05) is 0 Å². The summed E-state index contributed by atoms with van der Waals surface area (Å²) in [5.41, 5.74) is 0. The average molecular weight is 255 g/mol. The summed E-state index contributed by atoms with van der Waals surface area (Å²) in [7, 11) is 0. The van der Waals surface area contributed by atoms with Gasteiger partial charge in [0.2, 0.25) is 5.91 Å². The first kappa shape index (κ1) is 13.8. The second-order valence-electron chi connectivity index (χ2n) is 5.15. The van der Waals surface area contributed by atoms with Crippen LogP contribution < -0.4 is 10.6 Å². The van der Waals surface area contributed by atoms with Gasteiger partial charge in [-0.05, 0) is 12.8 Å². The van der Waals surface area contributed by atoms with Crippen LogP contribution >= 0.6 is 0 Å². The minimum atomic E-state index is 0.118. The van der Waals surface area contributed by atoms with Crippen molar-refractivity contribution in [1.29, 1.82) is 0 Å². The molecule has 5 heteroatoms. The summed E-state index contributed by atoms with van der Waals surface area (Å²) < 4.78 is 5.70. The number of rotatable bonds is 6. The molecule has 5 nitrogen and oxygen atoms in total. The molecule has 0 bridgehead atoms. The van der Waals surface area contributed by atoms with Gasteiger partial charge in [-0.3, -0.25) is 9.69 Å². The molecular weight excluding hydrogens is 230 g/mol. The molecule has 1 saturated carbocycles. The molecule has 18 heavy (non-hydrogen) atoms. The minimum absolute atomic E-state index is 0.118. The molecule has 2 rings (SSSR count). The topological polar surface area (TPSA) is 53.6 Å². The van der Waals surface area contributed by atoms with E-state index in [2.05, 4.69) is 15.5 Å². The van der Waals surface area contributed by atoms with Crippen LogP contribution in [-0.2, 0) is 9.53 Å². The van der Waals surface area contributed by atoms with E-state index in [4.69, 9.17) is 4.74 Å². The van der Waals surface area contributed by atoms with Crippen molar-refractivity contribution in [3.63, 3.8) is 0 Å². The quantitative estimate of drug-likeness (QED) is 0.654. The Labute approximate surface area is 109 Å². The Hall–Kier alpha value is -0.650. The van der Waals surface area contributed by atoms with E-state index in [1.54, 1.807) is 0 Å². The SMILES string of the molecule is O=C(CN1CCNCC1)NCCOC1CCCC1. The fourth-order valence-corrected chi connectivity index (χ4v) is 2.60. The molecule has 1 amide bonds. The van der Waals surface area contributed by atoms with Crippen LogP contribution in [0.4, 0.5) is 0 Å². The maximum absolute atomic E-state index is 11.7. The highest BCUT2D eigenvalue weighted by Crippen LogP contribution is 2.20. The summed E-state index contributed by atoms with van der Waals surface area (Å²) in [6.07, 6.45) is 5.40.